The maximum atomic E-state index is 12.2. The van der Waals surface area contributed by atoms with E-state index in [2.05, 4.69) is 0 Å². The lowest BCUT2D eigenvalue weighted by Crippen LogP contribution is -2.30. The number of aryl methyl sites for hydroxylation is 1. The Morgan fingerprint density at radius 1 is 1.53 bits per heavy atom. The molecule has 4 nitrogen and oxygen atoms in total. The molecule has 0 radical (unpaired) electrons. The highest BCUT2D eigenvalue weighted by atomic mass is 16.5. The van der Waals surface area contributed by atoms with E-state index < -0.39 is 0 Å². The molecule has 0 unspecified atom stereocenters. The molecule has 0 bridgehead atoms. The molecule has 1 N–H and O–H groups in total. The van der Waals surface area contributed by atoms with Crippen LogP contribution in [0.2, 0.25) is 0 Å². The molecule has 0 spiro atoms. The molecule has 1 aromatic rings. The minimum atomic E-state index is -0.377. The highest BCUT2D eigenvalue weighted by Gasteiger charge is 2.26. The van der Waals surface area contributed by atoms with Crippen molar-refractivity contribution in [2.75, 3.05) is 20.2 Å². The van der Waals surface area contributed by atoms with Gasteiger partial charge in [-0.3, -0.25) is 4.79 Å². The van der Waals surface area contributed by atoms with Crippen molar-refractivity contribution in [1.29, 1.82) is 0 Å². The second kappa shape index (κ2) is 4.75. The molecule has 2 rings (SSSR count). The van der Waals surface area contributed by atoms with E-state index in [1.807, 2.05) is 13.0 Å². The van der Waals surface area contributed by atoms with Gasteiger partial charge in [0.2, 0.25) is 0 Å². The van der Waals surface area contributed by atoms with Crippen molar-refractivity contribution in [1.82, 2.24) is 4.90 Å². The zero-order chi connectivity index (χ0) is 12.4. The number of methoxy groups -OCH3 is 1. The predicted octanol–water partition coefficient (Wildman–Crippen LogP) is 1.21. The summed E-state index contributed by atoms with van der Waals surface area (Å²) in [7, 11) is 1.60. The number of likely N-dealkylation sites (tertiary alicyclic amines) is 1. The van der Waals surface area contributed by atoms with Gasteiger partial charge in [-0.05, 0) is 37.1 Å². The molecule has 1 aromatic carbocycles. The van der Waals surface area contributed by atoms with Crippen LogP contribution in [0.1, 0.15) is 22.3 Å². The number of aliphatic hydroxyl groups is 1. The van der Waals surface area contributed by atoms with E-state index in [0.29, 0.717) is 25.1 Å². The number of aliphatic hydroxyl groups excluding tert-OH is 1. The summed E-state index contributed by atoms with van der Waals surface area (Å²) in [6, 6.07) is 5.41. The first-order valence-corrected chi connectivity index (χ1v) is 5.74. The molecule has 4 heteroatoms. The van der Waals surface area contributed by atoms with Crippen molar-refractivity contribution in [2.24, 2.45) is 0 Å². The van der Waals surface area contributed by atoms with Crippen molar-refractivity contribution < 1.29 is 14.6 Å². The summed E-state index contributed by atoms with van der Waals surface area (Å²) in [6.45, 7) is 2.96. The lowest BCUT2D eigenvalue weighted by atomic mass is 10.1. The number of benzene rings is 1. The van der Waals surface area contributed by atoms with Gasteiger partial charge in [-0.2, -0.15) is 0 Å². The fourth-order valence-corrected chi connectivity index (χ4v) is 2.10. The highest BCUT2D eigenvalue weighted by Crippen LogP contribution is 2.20. The van der Waals surface area contributed by atoms with Crippen LogP contribution in [0.5, 0.6) is 5.75 Å². The molecule has 1 amide bonds. The SMILES string of the molecule is COc1ccc(C(=O)N2CC[C@@H](O)C2)c(C)c1. The van der Waals surface area contributed by atoms with E-state index in [1.54, 1.807) is 24.1 Å². The molecule has 92 valence electrons. The summed E-state index contributed by atoms with van der Waals surface area (Å²) < 4.78 is 5.11. The van der Waals surface area contributed by atoms with Gasteiger partial charge < -0.3 is 14.7 Å². The van der Waals surface area contributed by atoms with E-state index in [0.717, 1.165) is 11.3 Å². The van der Waals surface area contributed by atoms with Gasteiger partial charge in [0, 0.05) is 18.7 Å². The Hall–Kier alpha value is -1.55. The van der Waals surface area contributed by atoms with Gasteiger partial charge >= 0.3 is 0 Å². The van der Waals surface area contributed by atoms with Gasteiger partial charge in [-0.25, -0.2) is 0 Å². The fraction of sp³-hybridized carbons (Fsp3) is 0.462. The van der Waals surface area contributed by atoms with E-state index in [4.69, 9.17) is 4.74 Å². The maximum absolute atomic E-state index is 12.2. The first kappa shape index (κ1) is 11.9. The molecule has 1 saturated heterocycles. The number of nitrogens with zero attached hydrogens (tertiary/aromatic N) is 1. The molecule has 1 fully saturated rings. The summed E-state index contributed by atoms with van der Waals surface area (Å²) >= 11 is 0. The molecule has 1 aliphatic rings. The van der Waals surface area contributed by atoms with Crippen LogP contribution in [0, 0.1) is 6.92 Å². The van der Waals surface area contributed by atoms with E-state index in [1.165, 1.54) is 0 Å². The van der Waals surface area contributed by atoms with Crippen molar-refractivity contribution in [2.45, 2.75) is 19.4 Å². The van der Waals surface area contributed by atoms with Crippen molar-refractivity contribution in [3.05, 3.63) is 29.3 Å². The maximum Gasteiger partial charge on any atom is 0.254 e. The molecule has 1 aliphatic heterocycles. The van der Waals surface area contributed by atoms with Gasteiger partial charge in [0.25, 0.3) is 5.91 Å². The number of hydrogen-bond acceptors (Lipinski definition) is 3. The van der Waals surface area contributed by atoms with Gasteiger partial charge in [0.15, 0.2) is 0 Å². The van der Waals surface area contributed by atoms with Crippen LogP contribution in [0.3, 0.4) is 0 Å². The highest BCUT2D eigenvalue weighted by molar-refractivity contribution is 5.96. The number of amides is 1. The number of carbonyl (C=O) groups is 1. The quantitative estimate of drug-likeness (QED) is 0.838. The van der Waals surface area contributed by atoms with Crippen LogP contribution in [-0.4, -0.2) is 42.2 Å². The third-order valence-electron chi connectivity index (χ3n) is 3.11. The minimum Gasteiger partial charge on any atom is -0.497 e. The third-order valence-corrected chi connectivity index (χ3v) is 3.11. The van der Waals surface area contributed by atoms with Crippen LogP contribution in [0.4, 0.5) is 0 Å². The summed E-state index contributed by atoms with van der Waals surface area (Å²) in [4.78, 5) is 13.9. The van der Waals surface area contributed by atoms with Crippen LogP contribution in [-0.2, 0) is 0 Å². The Labute approximate surface area is 101 Å². The van der Waals surface area contributed by atoms with Gasteiger partial charge in [0.05, 0.1) is 13.2 Å². The smallest absolute Gasteiger partial charge is 0.254 e. The summed E-state index contributed by atoms with van der Waals surface area (Å²) in [6.07, 6.45) is 0.290. The molecule has 1 atom stereocenters. The molecule has 0 aliphatic carbocycles. The summed E-state index contributed by atoms with van der Waals surface area (Å²) in [5.74, 6) is 0.738. The Balaban J connectivity index is 2.19. The van der Waals surface area contributed by atoms with E-state index in [-0.39, 0.29) is 12.0 Å². The van der Waals surface area contributed by atoms with Crippen molar-refractivity contribution >= 4 is 5.91 Å². The predicted molar refractivity (Wildman–Crippen MR) is 64.3 cm³/mol. The first-order valence-electron chi connectivity index (χ1n) is 5.74. The molecular weight excluding hydrogens is 218 g/mol. The second-order valence-corrected chi connectivity index (χ2v) is 4.37. The summed E-state index contributed by atoms with van der Waals surface area (Å²) in [5, 5.41) is 9.43. The lowest BCUT2D eigenvalue weighted by Gasteiger charge is -2.17. The zero-order valence-corrected chi connectivity index (χ0v) is 10.1. The van der Waals surface area contributed by atoms with Crippen LogP contribution >= 0.6 is 0 Å². The van der Waals surface area contributed by atoms with Gasteiger partial charge in [0.1, 0.15) is 5.75 Å². The number of hydrogen-bond donors (Lipinski definition) is 1. The molecule has 17 heavy (non-hydrogen) atoms. The Morgan fingerprint density at radius 3 is 2.82 bits per heavy atom. The van der Waals surface area contributed by atoms with E-state index >= 15 is 0 Å². The zero-order valence-electron chi connectivity index (χ0n) is 10.1. The first-order chi connectivity index (χ1) is 8.11. The Morgan fingerprint density at radius 2 is 2.29 bits per heavy atom. The van der Waals surface area contributed by atoms with Crippen molar-refractivity contribution in [3.8, 4) is 5.75 Å². The second-order valence-electron chi connectivity index (χ2n) is 4.37. The number of ether oxygens (including phenoxy) is 1. The molecule has 0 saturated carbocycles. The largest absolute Gasteiger partial charge is 0.497 e. The molecule has 0 aromatic heterocycles. The molecule has 1 heterocycles. The van der Waals surface area contributed by atoms with Crippen molar-refractivity contribution in [3.63, 3.8) is 0 Å². The average molecular weight is 235 g/mol. The minimum absolute atomic E-state index is 0.0123. The fourth-order valence-electron chi connectivity index (χ4n) is 2.10. The third kappa shape index (κ3) is 2.42. The Bertz CT molecular complexity index is 431. The standard InChI is InChI=1S/C13H17NO3/c1-9-7-11(17-2)3-4-12(9)13(16)14-6-5-10(15)8-14/h3-4,7,10,15H,5-6,8H2,1-2H3/t10-/m1/s1. The number of β-amino-alcohol motifs (C(OH)–C–C–N with tert-alkyl or cyclic N) is 1. The molecular formula is C13H17NO3. The van der Waals surface area contributed by atoms with Crippen LogP contribution < -0.4 is 4.74 Å². The number of carbonyl (C=O) groups excluding carboxylic acids is 1. The summed E-state index contributed by atoms with van der Waals surface area (Å²) in [5.41, 5.74) is 1.58. The van der Waals surface area contributed by atoms with E-state index in [9.17, 15) is 9.90 Å². The normalized spacial score (nSPS) is 19.5. The van der Waals surface area contributed by atoms with Crippen LogP contribution in [0.15, 0.2) is 18.2 Å². The lowest BCUT2D eigenvalue weighted by molar-refractivity contribution is 0.0764. The van der Waals surface area contributed by atoms with Gasteiger partial charge in [-0.15, -0.1) is 0 Å². The average Bonchev–Trinajstić information content (AvgIpc) is 2.75. The van der Waals surface area contributed by atoms with Gasteiger partial charge in [-0.1, -0.05) is 0 Å². The monoisotopic (exact) mass is 235 g/mol. The Kier molecular flexibility index (Phi) is 3.33. The number of rotatable bonds is 2. The topological polar surface area (TPSA) is 49.8 Å². The van der Waals surface area contributed by atoms with Crippen LogP contribution in [0.25, 0.3) is 0 Å².